The molecule has 2 N–H and O–H groups in total. The first-order chi connectivity index (χ1) is 8.65. The van der Waals surface area contributed by atoms with E-state index in [-0.39, 0.29) is 10.7 Å². The molecule has 0 atom stereocenters. The zero-order valence-electron chi connectivity index (χ0n) is 10.7. The van der Waals surface area contributed by atoms with Crippen molar-refractivity contribution in [3.63, 3.8) is 0 Å². The lowest BCUT2D eigenvalue weighted by atomic mass is 10.2. The van der Waals surface area contributed by atoms with E-state index in [9.17, 15) is 4.39 Å². The summed E-state index contributed by atoms with van der Waals surface area (Å²) in [5.41, 5.74) is 5.95. The minimum atomic E-state index is -0.408. The van der Waals surface area contributed by atoms with Gasteiger partial charge >= 0.3 is 0 Å². The second-order valence-electron chi connectivity index (χ2n) is 4.27. The van der Waals surface area contributed by atoms with Crippen molar-refractivity contribution in [2.45, 2.75) is 39.0 Å². The molecule has 100 valence electrons. The summed E-state index contributed by atoms with van der Waals surface area (Å²) < 4.78 is 19.0. The largest absolute Gasteiger partial charge is 0.491 e. The van der Waals surface area contributed by atoms with Crippen LogP contribution in [0.15, 0.2) is 18.2 Å². The van der Waals surface area contributed by atoms with Crippen LogP contribution >= 0.6 is 12.2 Å². The highest BCUT2D eigenvalue weighted by Crippen LogP contribution is 2.18. The third-order valence-corrected chi connectivity index (χ3v) is 2.96. The van der Waals surface area contributed by atoms with E-state index in [2.05, 4.69) is 6.92 Å². The number of rotatable bonds is 8. The molecule has 0 fully saturated rings. The van der Waals surface area contributed by atoms with Crippen LogP contribution in [0, 0.1) is 5.82 Å². The maximum absolute atomic E-state index is 13.6. The van der Waals surface area contributed by atoms with E-state index in [1.165, 1.54) is 25.3 Å². The predicted octanol–water partition coefficient (Wildman–Crippen LogP) is 3.81. The quantitative estimate of drug-likeness (QED) is 0.576. The van der Waals surface area contributed by atoms with E-state index in [1.807, 2.05) is 0 Å². The highest BCUT2D eigenvalue weighted by atomic mass is 32.1. The van der Waals surface area contributed by atoms with Crippen LogP contribution in [-0.2, 0) is 0 Å². The zero-order chi connectivity index (χ0) is 13.4. The molecule has 1 aromatic carbocycles. The van der Waals surface area contributed by atoms with Gasteiger partial charge in [-0.2, -0.15) is 0 Å². The van der Waals surface area contributed by atoms with Crippen LogP contribution in [0.5, 0.6) is 5.75 Å². The van der Waals surface area contributed by atoms with Crippen molar-refractivity contribution in [3.05, 3.63) is 29.6 Å². The molecular formula is C14H20FNOS. The third-order valence-electron chi connectivity index (χ3n) is 2.72. The van der Waals surface area contributed by atoms with Crippen molar-refractivity contribution in [2.75, 3.05) is 6.61 Å². The smallest absolute Gasteiger partial charge is 0.165 e. The molecular weight excluding hydrogens is 249 g/mol. The summed E-state index contributed by atoms with van der Waals surface area (Å²) in [7, 11) is 0. The van der Waals surface area contributed by atoms with E-state index in [1.54, 1.807) is 12.1 Å². The normalized spacial score (nSPS) is 10.3. The molecule has 0 aliphatic carbocycles. The Morgan fingerprint density at radius 3 is 2.61 bits per heavy atom. The number of halogens is 1. The third kappa shape index (κ3) is 5.00. The monoisotopic (exact) mass is 269 g/mol. The van der Waals surface area contributed by atoms with E-state index < -0.39 is 5.82 Å². The van der Waals surface area contributed by atoms with Gasteiger partial charge in [0.2, 0.25) is 0 Å². The average Bonchev–Trinajstić information content (AvgIpc) is 2.35. The molecule has 0 unspecified atom stereocenters. The summed E-state index contributed by atoms with van der Waals surface area (Å²) in [6.45, 7) is 2.72. The van der Waals surface area contributed by atoms with Gasteiger partial charge in [0.1, 0.15) is 4.99 Å². The first-order valence-corrected chi connectivity index (χ1v) is 6.78. The molecule has 1 rings (SSSR count). The van der Waals surface area contributed by atoms with E-state index in [4.69, 9.17) is 22.7 Å². The molecule has 4 heteroatoms. The standard InChI is InChI=1S/C14H20FNOS/c1-2-3-4-5-6-9-17-13-8-7-11(14(16)18)10-12(13)15/h7-8,10H,2-6,9H2,1H3,(H2,16,18). The lowest BCUT2D eigenvalue weighted by molar-refractivity contribution is 0.290. The fraction of sp³-hybridized carbons (Fsp3) is 0.500. The van der Waals surface area contributed by atoms with Crippen molar-refractivity contribution in [2.24, 2.45) is 5.73 Å². The summed E-state index contributed by atoms with van der Waals surface area (Å²) in [6, 6.07) is 4.57. The lowest BCUT2D eigenvalue weighted by Crippen LogP contribution is -2.10. The molecule has 0 radical (unpaired) electrons. The highest BCUT2D eigenvalue weighted by molar-refractivity contribution is 7.80. The van der Waals surface area contributed by atoms with Gasteiger partial charge in [-0.15, -0.1) is 0 Å². The van der Waals surface area contributed by atoms with Crippen molar-refractivity contribution in [1.29, 1.82) is 0 Å². The minimum absolute atomic E-state index is 0.194. The van der Waals surface area contributed by atoms with Crippen LogP contribution in [-0.4, -0.2) is 11.6 Å². The molecule has 0 amide bonds. The molecule has 0 saturated carbocycles. The van der Waals surface area contributed by atoms with E-state index in [0.717, 1.165) is 12.8 Å². The summed E-state index contributed by atoms with van der Waals surface area (Å²) >= 11 is 4.78. The zero-order valence-corrected chi connectivity index (χ0v) is 11.6. The van der Waals surface area contributed by atoms with Crippen LogP contribution in [0.4, 0.5) is 4.39 Å². The maximum Gasteiger partial charge on any atom is 0.165 e. The summed E-state index contributed by atoms with van der Waals surface area (Å²) in [6.07, 6.45) is 5.76. The molecule has 2 nitrogen and oxygen atoms in total. The van der Waals surface area contributed by atoms with Crippen LogP contribution < -0.4 is 10.5 Å². The molecule has 18 heavy (non-hydrogen) atoms. The Morgan fingerprint density at radius 2 is 2.00 bits per heavy atom. The van der Waals surface area contributed by atoms with Crippen LogP contribution in [0.25, 0.3) is 0 Å². The predicted molar refractivity (Wildman–Crippen MR) is 76.5 cm³/mol. The number of hydrogen-bond donors (Lipinski definition) is 1. The van der Waals surface area contributed by atoms with Gasteiger partial charge in [0, 0.05) is 5.56 Å². The Balaban J connectivity index is 2.36. The molecule has 0 aliphatic rings. The Labute approximate surface area is 113 Å². The van der Waals surface area contributed by atoms with Crippen molar-refractivity contribution in [3.8, 4) is 5.75 Å². The summed E-state index contributed by atoms with van der Waals surface area (Å²) in [4.78, 5) is 0.194. The van der Waals surface area contributed by atoms with Gasteiger partial charge in [-0.05, 0) is 24.6 Å². The van der Waals surface area contributed by atoms with E-state index >= 15 is 0 Å². The molecule has 0 saturated heterocycles. The van der Waals surface area contributed by atoms with E-state index in [0.29, 0.717) is 12.2 Å². The number of unbranched alkanes of at least 4 members (excludes halogenated alkanes) is 4. The second kappa shape index (κ2) is 8.03. The topological polar surface area (TPSA) is 35.2 Å². The first-order valence-electron chi connectivity index (χ1n) is 6.37. The number of nitrogens with two attached hydrogens (primary N) is 1. The maximum atomic E-state index is 13.6. The van der Waals surface area contributed by atoms with Crippen molar-refractivity contribution in [1.82, 2.24) is 0 Å². The van der Waals surface area contributed by atoms with Gasteiger partial charge in [0.05, 0.1) is 6.61 Å². The number of ether oxygens (including phenoxy) is 1. The minimum Gasteiger partial charge on any atom is -0.491 e. The average molecular weight is 269 g/mol. The highest BCUT2D eigenvalue weighted by Gasteiger charge is 2.05. The van der Waals surface area contributed by atoms with Gasteiger partial charge in [0.25, 0.3) is 0 Å². The van der Waals surface area contributed by atoms with Crippen molar-refractivity contribution < 1.29 is 9.13 Å². The number of benzene rings is 1. The Kier molecular flexibility index (Phi) is 6.65. The Hall–Kier alpha value is -1.16. The van der Waals surface area contributed by atoms with Crippen LogP contribution in [0.2, 0.25) is 0 Å². The molecule has 0 spiro atoms. The Morgan fingerprint density at radius 1 is 1.28 bits per heavy atom. The van der Waals surface area contributed by atoms with Crippen LogP contribution in [0.3, 0.4) is 0 Å². The van der Waals surface area contributed by atoms with Gasteiger partial charge in [-0.25, -0.2) is 4.39 Å². The SMILES string of the molecule is CCCCCCCOc1ccc(C(N)=S)cc1F. The van der Waals surface area contributed by atoms with Gasteiger partial charge in [0.15, 0.2) is 11.6 Å². The fourth-order valence-corrected chi connectivity index (χ4v) is 1.79. The summed E-state index contributed by atoms with van der Waals surface area (Å²) in [5.74, 6) is -0.139. The van der Waals surface area contributed by atoms with Gasteiger partial charge in [-0.1, -0.05) is 44.8 Å². The number of hydrogen-bond acceptors (Lipinski definition) is 2. The number of thiocarbonyl (C=S) groups is 1. The first kappa shape index (κ1) is 14.9. The van der Waals surface area contributed by atoms with Gasteiger partial charge in [-0.3, -0.25) is 0 Å². The Bertz CT molecular complexity index is 395. The molecule has 1 aromatic rings. The summed E-state index contributed by atoms with van der Waals surface area (Å²) in [5, 5.41) is 0. The fourth-order valence-electron chi connectivity index (χ4n) is 1.66. The molecule has 0 heterocycles. The van der Waals surface area contributed by atoms with Gasteiger partial charge < -0.3 is 10.5 Å². The van der Waals surface area contributed by atoms with Crippen molar-refractivity contribution >= 4 is 17.2 Å². The molecule has 0 aliphatic heterocycles. The molecule has 0 bridgehead atoms. The molecule has 0 aromatic heterocycles. The lowest BCUT2D eigenvalue weighted by Gasteiger charge is -2.08. The second-order valence-corrected chi connectivity index (χ2v) is 4.71. The van der Waals surface area contributed by atoms with Crippen LogP contribution in [0.1, 0.15) is 44.6 Å².